The van der Waals surface area contributed by atoms with Crippen molar-refractivity contribution in [3.05, 3.63) is 77.9 Å². The first-order valence-electron chi connectivity index (χ1n) is 11.1. The third-order valence-electron chi connectivity index (χ3n) is 5.84. The second-order valence-corrected chi connectivity index (χ2v) is 8.48. The Morgan fingerprint density at radius 1 is 1.18 bits per heavy atom. The van der Waals surface area contributed by atoms with Crippen LogP contribution in [0.3, 0.4) is 0 Å². The quantitative estimate of drug-likeness (QED) is 0.454. The predicted molar refractivity (Wildman–Crippen MR) is 136 cm³/mol. The minimum absolute atomic E-state index is 0.00756. The molecule has 0 aliphatic carbocycles. The van der Waals surface area contributed by atoms with Gasteiger partial charge in [-0.1, -0.05) is 6.07 Å². The summed E-state index contributed by atoms with van der Waals surface area (Å²) in [6.45, 7) is 3.31. The van der Waals surface area contributed by atoms with E-state index in [4.69, 9.17) is 21.7 Å². The van der Waals surface area contributed by atoms with E-state index in [-0.39, 0.29) is 24.6 Å². The van der Waals surface area contributed by atoms with Gasteiger partial charge in [-0.05, 0) is 67.2 Å². The minimum atomic E-state index is -0.194. The van der Waals surface area contributed by atoms with Crippen molar-refractivity contribution in [3.8, 4) is 0 Å². The summed E-state index contributed by atoms with van der Waals surface area (Å²) >= 11 is 5.83. The average Bonchev–Trinajstić information content (AvgIpc) is 3.43. The third kappa shape index (κ3) is 4.96. The molecular formula is C25H29N5O3S. The second kappa shape index (κ2) is 10.8. The molecule has 0 saturated carbocycles. The zero-order valence-corrected chi connectivity index (χ0v) is 20.3. The highest BCUT2D eigenvalue weighted by Gasteiger charge is 2.42. The Morgan fingerprint density at radius 2 is 2.03 bits per heavy atom. The van der Waals surface area contributed by atoms with E-state index in [2.05, 4.69) is 37.3 Å². The fraction of sp³-hybridized carbons (Fsp3) is 0.320. The molecule has 2 atom stereocenters. The first kappa shape index (κ1) is 23.9. The Kier molecular flexibility index (Phi) is 7.56. The molecular weight excluding hydrogens is 450 g/mol. The maximum atomic E-state index is 12.0. The van der Waals surface area contributed by atoms with E-state index in [0.717, 1.165) is 34.9 Å². The number of carbonyl (C=O) groups excluding carboxylic acids is 1. The molecule has 9 heteroatoms. The molecule has 1 aromatic carbocycles. The van der Waals surface area contributed by atoms with E-state index in [9.17, 15) is 4.79 Å². The van der Waals surface area contributed by atoms with Gasteiger partial charge >= 0.3 is 0 Å². The van der Waals surface area contributed by atoms with Crippen molar-refractivity contribution in [2.45, 2.75) is 25.6 Å². The van der Waals surface area contributed by atoms with Crippen LogP contribution < -0.4 is 15.5 Å². The van der Waals surface area contributed by atoms with E-state index in [0.29, 0.717) is 11.7 Å². The summed E-state index contributed by atoms with van der Waals surface area (Å²) in [6, 6.07) is 15.7. The molecule has 4 rings (SSSR count). The molecule has 8 nitrogen and oxygen atoms in total. The number of anilines is 2. The smallest absolute Gasteiger partial charge is 0.250 e. The van der Waals surface area contributed by atoms with Crippen LogP contribution >= 0.6 is 12.2 Å². The fourth-order valence-electron chi connectivity index (χ4n) is 4.28. The molecule has 178 valence electrons. The van der Waals surface area contributed by atoms with Crippen molar-refractivity contribution in [2.24, 2.45) is 0 Å². The topological polar surface area (TPSA) is 80.7 Å². The number of nitrogens with one attached hydrogen (secondary N) is 2. The number of nitrogens with zero attached hydrogens (tertiary/aromatic N) is 3. The van der Waals surface area contributed by atoms with Gasteiger partial charge in [-0.3, -0.25) is 9.78 Å². The normalized spacial score (nSPS) is 17.6. The van der Waals surface area contributed by atoms with Crippen LogP contribution in [0.2, 0.25) is 0 Å². The molecule has 0 unspecified atom stereocenters. The fourth-order valence-corrected chi connectivity index (χ4v) is 4.62. The van der Waals surface area contributed by atoms with Crippen LogP contribution in [0.5, 0.6) is 0 Å². The van der Waals surface area contributed by atoms with Crippen molar-refractivity contribution in [1.29, 1.82) is 0 Å². The number of pyridine rings is 1. The number of thiocarbonyl (C=S) groups is 1. The summed E-state index contributed by atoms with van der Waals surface area (Å²) in [5, 5.41) is 7.00. The van der Waals surface area contributed by atoms with Crippen LogP contribution in [0.25, 0.3) is 0 Å². The van der Waals surface area contributed by atoms with Crippen LogP contribution in [0.1, 0.15) is 29.0 Å². The Hall–Kier alpha value is -3.27. The SMILES string of the molecule is COCCn1cccc1[C@H]1[C@H](c2ccccn2)NC(=S)N1c1ccc(NC(=O)COC)c(C)c1. The molecule has 1 aliphatic rings. The Morgan fingerprint density at radius 3 is 2.74 bits per heavy atom. The highest BCUT2D eigenvalue weighted by atomic mass is 32.1. The Bertz CT molecular complexity index is 1150. The van der Waals surface area contributed by atoms with Crippen molar-refractivity contribution in [2.75, 3.05) is 37.7 Å². The maximum Gasteiger partial charge on any atom is 0.250 e. The molecule has 0 radical (unpaired) electrons. The van der Waals surface area contributed by atoms with Gasteiger partial charge in [0.15, 0.2) is 5.11 Å². The largest absolute Gasteiger partial charge is 0.383 e. The number of aromatic nitrogens is 2. The maximum absolute atomic E-state index is 12.0. The summed E-state index contributed by atoms with van der Waals surface area (Å²) in [5.74, 6) is -0.194. The number of methoxy groups -OCH3 is 2. The highest BCUT2D eigenvalue weighted by molar-refractivity contribution is 7.80. The zero-order chi connectivity index (χ0) is 24.1. The minimum Gasteiger partial charge on any atom is -0.383 e. The number of ether oxygens (including phenoxy) is 2. The lowest BCUT2D eigenvalue weighted by Gasteiger charge is -2.29. The lowest BCUT2D eigenvalue weighted by Crippen LogP contribution is -2.30. The van der Waals surface area contributed by atoms with E-state index in [1.54, 1.807) is 13.3 Å². The second-order valence-electron chi connectivity index (χ2n) is 8.10. The summed E-state index contributed by atoms with van der Waals surface area (Å²) in [7, 11) is 3.20. The number of aryl methyl sites for hydroxylation is 1. The summed E-state index contributed by atoms with van der Waals surface area (Å²) in [6.07, 6.45) is 3.86. The van der Waals surface area contributed by atoms with Crippen LogP contribution in [0, 0.1) is 6.92 Å². The molecule has 0 spiro atoms. The van der Waals surface area contributed by atoms with Gasteiger partial charge < -0.3 is 29.6 Å². The highest BCUT2D eigenvalue weighted by Crippen LogP contribution is 2.42. The van der Waals surface area contributed by atoms with Crippen molar-refractivity contribution >= 4 is 34.6 Å². The van der Waals surface area contributed by atoms with Crippen molar-refractivity contribution in [3.63, 3.8) is 0 Å². The molecule has 1 amide bonds. The molecule has 2 N–H and O–H groups in total. The van der Waals surface area contributed by atoms with Gasteiger partial charge in [-0.2, -0.15) is 0 Å². The monoisotopic (exact) mass is 479 g/mol. The lowest BCUT2D eigenvalue weighted by atomic mass is 10.0. The first-order valence-corrected chi connectivity index (χ1v) is 11.5. The van der Waals surface area contributed by atoms with Gasteiger partial charge in [0.25, 0.3) is 0 Å². The standard InChI is InChI=1S/C25H29N5O3S/c1-17-15-18(9-10-19(17)27-22(31)16-33-3)30-24(21-8-6-12-29(21)13-14-32-2)23(28-25(30)34)20-7-4-5-11-26-20/h4-12,15,23-24H,13-14,16H2,1-3H3,(H,27,31)(H,28,34)/t23-,24-/m0/s1. The number of hydrogen-bond acceptors (Lipinski definition) is 5. The van der Waals surface area contributed by atoms with Crippen LogP contribution in [0.4, 0.5) is 11.4 Å². The molecule has 34 heavy (non-hydrogen) atoms. The summed E-state index contributed by atoms with van der Waals surface area (Å²) in [5.41, 5.74) is 4.62. The van der Waals surface area contributed by atoms with E-state index < -0.39 is 0 Å². The Labute approximate surface area is 204 Å². The van der Waals surface area contributed by atoms with E-state index >= 15 is 0 Å². The molecule has 0 bridgehead atoms. The van der Waals surface area contributed by atoms with Crippen LogP contribution in [-0.4, -0.2) is 48.0 Å². The predicted octanol–water partition coefficient (Wildman–Crippen LogP) is 3.60. The average molecular weight is 480 g/mol. The first-order chi connectivity index (χ1) is 16.5. The third-order valence-corrected chi connectivity index (χ3v) is 6.15. The van der Waals surface area contributed by atoms with E-state index in [1.807, 2.05) is 49.4 Å². The van der Waals surface area contributed by atoms with Crippen LogP contribution in [-0.2, 0) is 20.8 Å². The number of carbonyl (C=O) groups is 1. The van der Waals surface area contributed by atoms with Gasteiger partial charge in [-0.15, -0.1) is 0 Å². The van der Waals surface area contributed by atoms with E-state index in [1.165, 1.54) is 7.11 Å². The van der Waals surface area contributed by atoms with Crippen molar-refractivity contribution in [1.82, 2.24) is 14.9 Å². The number of hydrogen-bond donors (Lipinski definition) is 2. The zero-order valence-electron chi connectivity index (χ0n) is 19.5. The van der Waals surface area contributed by atoms with Crippen molar-refractivity contribution < 1.29 is 14.3 Å². The molecule has 3 aromatic rings. The summed E-state index contributed by atoms with van der Waals surface area (Å²) < 4.78 is 12.4. The van der Waals surface area contributed by atoms with Gasteiger partial charge in [0.2, 0.25) is 5.91 Å². The van der Waals surface area contributed by atoms with Gasteiger partial charge in [-0.25, -0.2) is 0 Å². The molecule has 1 fully saturated rings. The molecule has 2 aromatic heterocycles. The molecule has 3 heterocycles. The lowest BCUT2D eigenvalue weighted by molar-refractivity contribution is -0.119. The molecule has 1 aliphatic heterocycles. The summed E-state index contributed by atoms with van der Waals surface area (Å²) in [4.78, 5) is 18.7. The number of rotatable bonds is 9. The Balaban J connectivity index is 1.73. The number of benzene rings is 1. The number of amides is 1. The molecule has 1 saturated heterocycles. The van der Waals surface area contributed by atoms with Gasteiger partial charge in [0, 0.05) is 50.2 Å². The van der Waals surface area contributed by atoms with Gasteiger partial charge in [0.05, 0.1) is 18.3 Å². The van der Waals surface area contributed by atoms with Crippen LogP contribution in [0.15, 0.2) is 60.9 Å². The van der Waals surface area contributed by atoms with Gasteiger partial charge in [0.1, 0.15) is 12.6 Å².